The number of halogens is 3. The van der Waals surface area contributed by atoms with Crippen LogP contribution in [-0.4, -0.2) is 0 Å². The third-order valence-electron chi connectivity index (χ3n) is 2.84. The van der Waals surface area contributed by atoms with E-state index >= 15 is 0 Å². The van der Waals surface area contributed by atoms with Gasteiger partial charge < -0.3 is 0 Å². The van der Waals surface area contributed by atoms with Crippen molar-refractivity contribution in [1.29, 1.82) is 0 Å². The number of nitrogens with two attached hydrogens (primary N) is 1. The SMILES string of the molecule is NNC(Cc1cc(F)cc(F)c1)c1ccc(Cl)cc1. The van der Waals surface area contributed by atoms with Gasteiger partial charge in [-0.25, -0.2) is 8.78 Å². The maximum atomic E-state index is 13.1. The summed E-state index contributed by atoms with van der Waals surface area (Å²) >= 11 is 5.81. The monoisotopic (exact) mass is 282 g/mol. The average Bonchev–Trinajstić information content (AvgIpc) is 2.36. The van der Waals surface area contributed by atoms with Crippen molar-refractivity contribution < 1.29 is 8.78 Å². The molecule has 1 unspecified atom stereocenters. The normalized spacial score (nSPS) is 12.4. The molecule has 0 aliphatic heterocycles. The highest BCUT2D eigenvalue weighted by atomic mass is 35.5. The Bertz CT molecular complexity index is 538. The second-order valence-corrected chi connectivity index (χ2v) is 4.69. The molecule has 0 heterocycles. The highest BCUT2D eigenvalue weighted by Gasteiger charge is 2.12. The first kappa shape index (κ1) is 13.9. The topological polar surface area (TPSA) is 38.0 Å². The van der Waals surface area contributed by atoms with Crippen LogP contribution in [0.2, 0.25) is 5.02 Å². The number of hydrogen-bond donors (Lipinski definition) is 2. The molecule has 19 heavy (non-hydrogen) atoms. The lowest BCUT2D eigenvalue weighted by Gasteiger charge is -2.16. The highest BCUT2D eigenvalue weighted by molar-refractivity contribution is 6.30. The fourth-order valence-electron chi connectivity index (χ4n) is 1.93. The molecule has 2 aromatic carbocycles. The summed E-state index contributed by atoms with van der Waals surface area (Å²) < 4.78 is 26.3. The lowest BCUT2D eigenvalue weighted by Crippen LogP contribution is -2.29. The Hall–Kier alpha value is -1.49. The van der Waals surface area contributed by atoms with Crippen LogP contribution in [0.15, 0.2) is 42.5 Å². The molecule has 5 heteroatoms. The minimum Gasteiger partial charge on any atom is -0.271 e. The van der Waals surface area contributed by atoms with E-state index in [0.29, 0.717) is 17.0 Å². The molecule has 1 atom stereocenters. The van der Waals surface area contributed by atoms with E-state index in [9.17, 15) is 8.78 Å². The van der Waals surface area contributed by atoms with E-state index in [4.69, 9.17) is 17.4 Å². The number of hydrazine groups is 1. The van der Waals surface area contributed by atoms with Crippen molar-refractivity contribution in [2.75, 3.05) is 0 Å². The number of nitrogens with one attached hydrogen (secondary N) is 1. The van der Waals surface area contributed by atoms with Crippen molar-refractivity contribution in [3.8, 4) is 0 Å². The number of rotatable bonds is 4. The first-order valence-corrected chi connectivity index (χ1v) is 6.13. The molecule has 0 aliphatic carbocycles. The van der Waals surface area contributed by atoms with Crippen LogP contribution in [0.1, 0.15) is 17.2 Å². The molecule has 0 fully saturated rings. The van der Waals surface area contributed by atoms with Crippen LogP contribution in [0.4, 0.5) is 8.78 Å². The zero-order chi connectivity index (χ0) is 13.8. The van der Waals surface area contributed by atoms with Crippen LogP contribution in [-0.2, 0) is 6.42 Å². The van der Waals surface area contributed by atoms with Gasteiger partial charge in [-0.15, -0.1) is 0 Å². The minimum atomic E-state index is -0.595. The largest absolute Gasteiger partial charge is 0.271 e. The fourth-order valence-corrected chi connectivity index (χ4v) is 2.06. The van der Waals surface area contributed by atoms with Gasteiger partial charge in [-0.1, -0.05) is 23.7 Å². The Morgan fingerprint density at radius 1 is 1.05 bits per heavy atom. The molecular formula is C14H13ClF2N2. The summed E-state index contributed by atoms with van der Waals surface area (Å²) in [7, 11) is 0. The van der Waals surface area contributed by atoms with Crippen LogP contribution in [0.25, 0.3) is 0 Å². The highest BCUT2D eigenvalue weighted by Crippen LogP contribution is 2.21. The third-order valence-corrected chi connectivity index (χ3v) is 3.09. The Morgan fingerprint density at radius 2 is 1.63 bits per heavy atom. The maximum absolute atomic E-state index is 13.1. The van der Waals surface area contributed by atoms with Crippen molar-refractivity contribution in [1.82, 2.24) is 5.43 Å². The summed E-state index contributed by atoms with van der Waals surface area (Å²) in [5.74, 6) is 4.31. The van der Waals surface area contributed by atoms with E-state index in [2.05, 4.69) is 5.43 Å². The molecule has 0 amide bonds. The molecule has 0 saturated carbocycles. The minimum absolute atomic E-state index is 0.238. The van der Waals surface area contributed by atoms with Crippen molar-refractivity contribution in [2.24, 2.45) is 5.84 Å². The summed E-state index contributed by atoms with van der Waals surface area (Å²) in [6.45, 7) is 0. The van der Waals surface area contributed by atoms with Gasteiger partial charge in [-0.05, 0) is 41.8 Å². The molecule has 2 aromatic rings. The standard InChI is InChI=1S/C14H13ClF2N2/c15-11-3-1-10(2-4-11)14(19-18)7-9-5-12(16)8-13(17)6-9/h1-6,8,14,19H,7,18H2. The van der Waals surface area contributed by atoms with Gasteiger partial charge in [0, 0.05) is 17.1 Å². The summed E-state index contributed by atoms with van der Waals surface area (Å²) in [4.78, 5) is 0. The molecule has 3 N–H and O–H groups in total. The second-order valence-electron chi connectivity index (χ2n) is 4.25. The Kier molecular flexibility index (Phi) is 4.47. The van der Waals surface area contributed by atoms with E-state index in [1.165, 1.54) is 12.1 Å². The van der Waals surface area contributed by atoms with E-state index < -0.39 is 11.6 Å². The number of benzene rings is 2. The zero-order valence-corrected chi connectivity index (χ0v) is 10.8. The van der Waals surface area contributed by atoms with Crippen LogP contribution in [0.3, 0.4) is 0 Å². The van der Waals surface area contributed by atoms with Crippen molar-refractivity contribution in [2.45, 2.75) is 12.5 Å². The van der Waals surface area contributed by atoms with Gasteiger partial charge in [-0.3, -0.25) is 11.3 Å². The summed E-state index contributed by atoms with van der Waals surface area (Å²) in [5.41, 5.74) is 4.07. The Balaban J connectivity index is 2.21. The maximum Gasteiger partial charge on any atom is 0.126 e. The first-order chi connectivity index (χ1) is 9.08. The summed E-state index contributed by atoms with van der Waals surface area (Å²) in [5, 5.41) is 0.622. The average molecular weight is 283 g/mol. The van der Waals surface area contributed by atoms with E-state index in [1.54, 1.807) is 12.1 Å². The zero-order valence-electron chi connectivity index (χ0n) is 10.0. The lowest BCUT2D eigenvalue weighted by molar-refractivity contribution is 0.540. The van der Waals surface area contributed by atoms with Gasteiger partial charge in [0.15, 0.2) is 0 Å². The molecule has 2 nitrogen and oxygen atoms in total. The molecular weight excluding hydrogens is 270 g/mol. The summed E-state index contributed by atoms with van der Waals surface area (Å²) in [6, 6.07) is 10.3. The predicted molar refractivity (Wildman–Crippen MR) is 71.6 cm³/mol. The first-order valence-electron chi connectivity index (χ1n) is 5.75. The number of hydrogen-bond acceptors (Lipinski definition) is 2. The van der Waals surface area contributed by atoms with E-state index in [0.717, 1.165) is 11.6 Å². The van der Waals surface area contributed by atoms with E-state index in [-0.39, 0.29) is 6.04 Å². The smallest absolute Gasteiger partial charge is 0.126 e. The summed E-state index contributed by atoms with van der Waals surface area (Å²) in [6.07, 6.45) is 0.382. The van der Waals surface area contributed by atoms with Gasteiger partial charge >= 0.3 is 0 Å². The van der Waals surface area contributed by atoms with Crippen LogP contribution in [0, 0.1) is 11.6 Å². The van der Waals surface area contributed by atoms with E-state index in [1.807, 2.05) is 12.1 Å². The molecule has 2 rings (SSSR count). The second kappa shape index (κ2) is 6.10. The van der Waals surface area contributed by atoms with Gasteiger partial charge in [-0.2, -0.15) is 0 Å². The predicted octanol–water partition coefficient (Wildman–Crippen LogP) is 3.37. The van der Waals surface area contributed by atoms with Crippen LogP contribution >= 0.6 is 11.6 Å². The van der Waals surface area contributed by atoms with Crippen LogP contribution in [0.5, 0.6) is 0 Å². The fraction of sp³-hybridized carbons (Fsp3) is 0.143. The van der Waals surface area contributed by atoms with Gasteiger partial charge in [0.25, 0.3) is 0 Å². The third kappa shape index (κ3) is 3.73. The van der Waals surface area contributed by atoms with Crippen LogP contribution < -0.4 is 11.3 Å². The molecule has 0 aliphatic rings. The molecule has 0 aromatic heterocycles. The quantitative estimate of drug-likeness (QED) is 0.666. The van der Waals surface area contributed by atoms with Gasteiger partial charge in [0.05, 0.1) is 0 Å². The van der Waals surface area contributed by atoms with Crippen molar-refractivity contribution >= 4 is 11.6 Å². The molecule has 0 bridgehead atoms. The van der Waals surface area contributed by atoms with Gasteiger partial charge in [0.1, 0.15) is 11.6 Å². The van der Waals surface area contributed by atoms with Crippen molar-refractivity contribution in [3.63, 3.8) is 0 Å². The molecule has 0 saturated heterocycles. The lowest BCUT2D eigenvalue weighted by atomic mass is 9.99. The molecule has 100 valence electrons. The Morgan fingerprint density at radius 3 is 2.16 bits per heavy atom. The Labute approximate surface area is 115 Å². The van der Waals surface area contributed by atoms with Gasteiger partial charge in [0.2, 0.25) is 0 Å². The van der Waals surface area contributed by atoms with Crippen molar-refractivity contribution in [3.05, 3.63) is 70.2 Å². The molecule has 0 radical (unpaired) electrons. The molecule has 0 spiro atoms.